The summed E-state index contributed by atoms with van der Waals surface area (Å²) in [5, 5.41) is 11.2. The molecule has 98 valence electrons. The molecule has 0 unspecified atom stereocenters. The smallest absolute Gasteiger partial charge is 0.272 e. The molecule has 0 aliphatic carbocycles. The van der Waals surface area contributed by atoms with E-state index in [9.17, 15) is 4.79 Å². The molecule has 0 N–H and O–H groups in total. The topological polar surface area (TPSA) is 63.9 Å². The van der Waals surface area contributed by atoms with Crippen molar-refractivity contribution in [3.63, 3.8) is 0 Å². The van der Waals surface area contributed by atoms with Gasteiger partial charge in [-0.05, 0) is 29.0 Å². The van der Waals surface area contributed by atoms with E-state index in [1.807, 2.05) is 30.3 Å². The third-order valence-electron chi connectivity index (χ3n) is 2.58. The zero-order chi connectivity index (χ0) is 13.8. The van der Waals surface area contributed by atoms with Crippen LogP contribution in [0.5, 0.6) is 0 Å². The Hall–Kier alpha value is -2.50. The highest BCUT2D eigenvalue weighted by Gasteiger charge is 2.17. The van der Waals surface area contributed by atoms with Gasteiger partial charge in [-0.15, -0.1) is 5.10 Å². The maximum absolute atomic E-state index is 12.2. The number of hydrogen-bond acceptors (Lipinski definition) is 4. The molecule has 0 saturated carbocycles. The summed E-state index contributed by atoms with van der Waals surface area (Å²) in [5.41, 5.74) is 1.33. The average molecular weight is 257 g/mol. The van der Waals surface area contributed by atoms with E-state index in [-0.39, 0.29) is 5.91 Å². The van der Waals surface area contributed by atoms with Crippen LogP contribution in [0.4, 0.5) is 0 Å². The molecule has 0 radical (unpaired) electrons. The molecule has 0 bridgehead atoms. The van der Waals surface area contributed by atoms with Crippen molar-refractivity contribution < 1.29 is 4.79 Å². The molecule has 0 fully saturated rings. The Labute approximate surface area is 111 Å². The van der Waals surface area contributed by atoms with E-state index in [0.717, 1.165) is 5.56 Å². The molecule has 6 heteroatoms. The van der Waals surface area contributed by atoms with E-state index in [2.05, 4.69) is 15.5 Å². The van der Waals surface area contributed by atoms with Crippen molar-refractivity contribution in [1.29, 1.82) is 0 Å². The maximum atomic E-state index is 12.2. The number of benzene rings is 1. The van der Waals surface area contributed by atoms with Crippen LogP contribution in [0, 0.1) is 6.92 Å². The van der Waals surface area contributed by atoms with Gasteiger partial charge in [-0.3, -0.25) is 4.79 Å². The summed E-state index contributed by atoms with van der Waals surface area (Å²) in [5.74, 6) is 0.414. The van der Waals surface area contributed by atoms with E-state index in [1.54, 1.807) is 27.1 Å². The summed E-state index contributed by atoms with van der Waals surface area (Å²) in [6, 6.07) is 9.59. The fraction of sp³-hybridized carbons (Fsp3) is 0.231. The summed E-state index contributed by atoms with van der Waals surface area (Å²) in [6.45, 7) is 1.75. The van der Waals surface area contributed by atoms with E-state index in [1.165, 1.54) is 9.58 Å². The minimum atomic E-state index is -0.153. The molecule has 2 rings (SSSR count). The van der Waals surface area contributed by atoms with Crippen molar-refractivity contribution in [3.05, 3.63) is 41.7 Å². The predicted octanol–water partition coefficient (Wildman–Crippen LogP) is 1.07. The summed E-state index contributed by atoms with van der Waals surface area (Å²) in [4.78, 5) is 13.7. The molecule has 6 nitrogen and oxygen atoms in total. The second-order valence-electron chi connectivity index (χ2n) is 4.28. The molecule has 0 atom stereocenters. The Morgan fingerprint density at radius 1 is 1.26 bits per heavy atom. The zero-order valence-electron chi connectivity index (χ0n) is 11.1. The summed E-state index contributed by atoms with van der Waals surface area (Å²) < 4.78 is 1.44. The fourth-order valence-electron chi connectivity index (χ4n) is 1.60. The first-order valence-electron chi connectivity index (χ1n) is 5.83. The van der Waals surface area contributed by atoms with Gasteiger partial charge in [0.1, 0.15) is 5.70 Å². The van der Waals surface area contributed by atoms with Gasteiger partial charge in [0.15, 0.2) is 5.82 Å². The first-order chi connectivity index (χ1) is 9.09. The number of rotatable bonds is 3. The third kappa shape index (κ3) is 2.85. The highest BCUT2D eigenvalue weighted by molar-refractivity contribution is 6.18. The Morgan fingerprint density at radius 2 is 1.95 bits per heavy atom. The highest BCUT2D eigenvalue weighted by Crippen LogP contribution is 2.13. The largest absolute Gasteiger partial charge is 0.343 e. The van der Waals surface area contributed by atoms with Crippen LogP contribution in [-0.4, -0.2) is 45.1 Å². The van der Waals surface area contributed by atoms with Crippen molar-refractivity contribution >= 4 is 17.7 Å². The van der Waals surface area contributed by atoms with Crippen molar-refractivity contribution in [2.75, 3.05) is 14.1 Å². The molecule has 1 aromatic heterocycles. The lowest BCUT2D eigenvalue weighted by Gasteiger charge is -2.13. The van der Waals surface area contributed by atoms with Gasteiger partial charge in [0.05, 0.1) is 0 Å². The Balaban J connectivity index is 2.50. The van der Waals surface area contributed by atoms with Gasteiger partial charge < -0.3 is 4.90 Å². The molecule has 1 amide bonds. The number of hydrogen-bond donors (Lipinski definition) is 0. The van der Waals surface area contributed by atoms with Crippen molar-refractivity contribution in [1.82, 2.24) is 25.1 Å². The summed E-state index contributed by atoms with van der Waals surface area (Å²) in [7, 11) is 3.39. The minimum absolute atomic E-state index is 0.153. The van der Waals surface area contributed by atoms with E-state index < -0.39 is 0 Å². The summed E-state index contributed by atoms with van der Waals surface area (Å²) in [6.07, 6.45) is 1.77. The van der Waals surface area contributed by atoms with Gasteiger partial charge in [-0.25, -0.2) is 0 Å². The van der Waals surface area contributed by atoms with Crippen LogP contribution in [0.1, 0.15) is 11.4 Å². The highest BCUT2D eigenvalue weighted by atomic mass is 16.2. The lowest BCUT2D eigenvalue weighted by atomic mass is 10.2. The van der Waals surface area contributed by atoms with Crippen LogP contribution in [-0.2, 0) is 4.79 Å². The molecule has 19 heavy (non-hydrogen) atoms. The van der Waals surface area contributed by atoms with Gasteiger partial charge in [-0.2, -0.15) is 4.68 Å². The number of aryl methyl sites for hydroxylation is 1. The minimum Gasteiger partial charge on any atom is -0.343 e. The summed E-state index contributed by atoms with van der Waals surface area (Å²) >= 11 is 0. The Kier molecular flexibility index (Phi) is 3.70. The van der Waals surface area contributed by atoms with Gasteiger partial charge in [-0.1, -0.05) is 30.3 Å². The SMILES string of the molecule is Cc1nnnn1/C(=C\c1ccccc1)C(=O)N(C)C. The van der Waals surface area contributed by atoms with Crippen LogP contribution < -0.4 is 0 Å². The van der Waals surface area contributed by atoms with Crippen LogP contribution in [0.25, 0.3) is 11.8 Å². The molecular formula is C13H15N5O. The lowest BCUT2D eigenvalue weighted by molar-refractivity contribution is -0.123. The van der Waals surface area contributed by atoms with E-state index in [4.69, 9.17) is 0 Å². The molecule has 1 heterocycles. The second-order valence-corrected chi connectivity index (χ2v) is 4.28. The van der Waals surface area contributed by atoms with Crippen LogP contribution in [0.2, 0.25) is 0 Å². The number of aromatic nitrogens is 4. The van der Waals surface area contributed by atoms with Crippen molar-refractivity contribution in [2.24, 2.45) is 0 Å². The molecule has 0 spiro atoms. The fourth-order valence-corrected chi connectivity index (χ4v) is 1.60. The van der Waals surface area contributed by atoms with Gasteiger partial charge in [0, 0.05) is 14.1 Å². The van der Waals surface area contributed by atoms with Crippen LogP contribution in [0.15, 0.2) is 30.3 Å². The molecule has 0 aliphatic rings. The number of tetrazole rings is 1. The normalized spacial score (nSPS) is 11.4. The standard InChI is InChI=1S/C13H15N5O/c1-10-14-15-16-18(10)12(13(19)17(2)3)9-11-7-5-4-6-8-11/h4-9H,1-3H3/b12-9-. The first kappa shape index (κ1) is 12.9. The number of carbonyl (C=O) groups excluding carboxylic acids is 1. The molecule has 2 aromatic rings. The number of amides is 1. The number of likely N-dealkylation sites (N-methyl/N-ethyl adjacent to an activating group) is 1. The van der Waals surface area contributed by atoms with E-state index in [0.29, 0.717) is 11.5 Å². The molecule has 1 aromatic carbocycles. The quantitative estimate of drug-likeness (QED) is 0.771. The van der Waals surface area contributed by atoms with Gasteiger partial charge in [0.2, 0.25) is 0 Å². The second kappa shape index (κ2) is 5.43. The Morgan fingerprint density at radius 3 is 2.47 bits per heavy atom. The zero-order valence-corrected chi connectivity index (χ0v) is 11.1. The maximum Gasteiger partial charge on any atom is 0.272 e. The van der Waals surface area contributed by atoms with Crippen LogP contribution in [0.3, 0.4) is 0 Å². The average Bonchev–Trinajstić information content (AvgIpc) is 2.82. The van der Waals surface area contributed by atoms with Crippen molar-refractivity contribution in [2.45, 2.75) is 6.92 Å². The third-order valence-corrected chi connectivity index (χ3v) is 2.58. The van der Waals surface area contributed by atoms with Gasteiger partial charge in [0.25, 0.3) is 5.91 Å². The lowest BCUT2D eigenvalue weighted by Crippen LogP contribution is -2.26. The monoisotopic (exact) mass is 257 g/mol. The first-order valence-corrected chi connectivity index (χ1v) is 5.83. The molecule has 0 saturated heterocycles. The number of nitrogens with zero attached hydrogens (tertiary/aromatic N) is 5. The Bertz CT molecular complexity index is 601. The van der Waals surface area contributed by atoms with Crippen molar-refractivity contribution in [3.8, 4) is 0 Å². The molecular weight excluding hydrogens is 242 g/mol. The van der Waals surface area contributed by atoms with E-state index >= 15 is 0 Å². The van der Waals surface area contributed by atoms with Crippen LogP contribution >= 0.6 is 0 Å². The molecule has 0 aliphatic heterocycles. The van der Waals surface area contributed by atoms with Gasteiger partial charge >= 0.3 is 0 Å². The number of carbonyl (C=O) groups is 1. The predicted molar refractivity (Wildman–Crippen MR) is 71.9 cm³/mol.